The van der Waals surface area contributed by atoms with E-state index in [1.165, 1.54) is 0 Å². The van der Waals surface area contributed by atoms with E-state index in [1.807, 2.05) is 25.1 Å². The molecule has 5 heteroatoms. The number of rotatable bonds is 1. The molecule has 0 atom stereocenters. The highest BCUT2D eigenvalue weighted by molar-refractivity contribution is 9.10. The van der Waals surface area contributed by atoms with Crippen LogP contribution in [0, 0.1) is 6.92 Å². The molecule has 2 N–H and O–H groups in total. The zero-order chi connectivity index (χ0) is 11.7. The molecule has 0 aliphatic carbocycles. The highest BCUT2D eigenvalue weighted by atomic mass is 79.9. The van der Waals surface area contributed by atoms with Crippen molar-refractivity contribution in [1.29, 1.82) is 0 Å². The van der Waals surface area contributed by atoms with Crippen LogP contribution in [0.5, 0.6) is 5.88 Å². The van der Waals surface area contributed by atoms with Gasteiger partial charge in [-0.2, -0.15) is 4.98 Å². The molecule has 2 aromatic rings. The number of aromatic hydroxyl groups is 1. The van der Waals surface area contributed by atoms with Gasteiger partial charge in [0.1, 0.15) is 5.82 Å². The van der Waals surface area contributed by atoms with E-state index in [0.29, 0.717) is 5.82 Å². The SMILES string of the molecule is Cc1cc(-c2nc(O)cc(=O)[nH]2)ccc1Br. The molecule has 0 fully saturated rings. The smallest absolute Gasteiger partial charge is 0.254 e. The summed E-state index contributed by atoms with van der Waals surface area (Å²) in [4.78, 5) is 17.6. The Morgan fingerprint density at radius 3 is 2.75 bits per heavy atom. The minimum Gasteiger partial charge on any atom is -0.493 e. The minimum absolute atomic E-state index is 0.278. The van der Waals surface area contributed by atoms with Crippen LogP contribution in [0.3, 0.4) is 0 Å². The third kappa shape index (κ3) is 2.14. The maximum absolute atomic E-state index is 11.2. The number of nitrogens with one attached hydrogen (secondary N) is 1. The summed E-state index contributed by atoms with van der Waals surface area (Å²) in [5.41, 5.74) is 1.42. The number of aromatic amines is 1. The fourth-order valence-corrected chi connectivity index (χ4v) is 1.62. The molecule has 0 unspecified atom stereocenters. The van der Waals surface area contributed by atoms with E-state index in [4.69, 9.17) is 0 Å². The summed E-state index contributed by atoms with van der Waals surface area (Å²) in [6.45, 7) is 1.94. The summed E-state index contributed by atoms with van der Waals surface area (Å²) in [6.07, 6.45) is 0. The van der Waals surface area contributed by atoms with Gasteiger partial charge in [-0.25, -0.2) is 0 Å². The molecule has 0 saturated carbocycles. The van der Waals surface area contributed by atoms with E-state index in [1.54, 1.807) is 0 Å². The second-order valence-corrected chi connectivity index (χ2v) is 4.27. The molecule has 0 bridgehead atoms. The summed E-state index contributed by atoms with van der Waals surface area (Å²) >= 11 is 3.39. The molecule has 1 aromatic carbocycles. The second-order valence-electron chi connectivity index (χ2n) is 3.42. The van der Waals surface area contributed by atoms with Gasteiger partial charge in [-0.15, -0.1) is 0 Å². The largest absolute Gasteiger partial charge is 0.493 e. The predicted molar refractivity (Wildman–Crippen MR) is 64.4 cm³/mol. The second kappa shape index (κ2) is 4.09. The van der Waals surface area contributed by atoms with Gasteiger partial charge in [0.25, 0.3) is 5.56 Å². The molecule has 0 amide bonds. The van der Waals surface area contributed by atoms with Crippen molar-refractivity contribution >= 4 is 15.9 Å². The Labute approximate surface area is 100 Å². The van der Waals surface area contributed by atoms with Crippen LogP contribution in [-0.2, 0) is 0 Å². The number of nitrogens with zero attached hydrogens (tertiary/aromatic N) is 1. The molecule has 0 aliphatic heterocycles. The molecular formula is C11H9BrN2O2. The lowest BCUT2D eigenvalue weighted by molar-refractivity contribution is 0.452. The molecular weight excluding hydrogens is 272 g/mol. The van der Waals surface area contributed by atoms with E-state index in [-0.39, 0.29) is 11.4 Å². The van der Waals surface area contributed by atoms with Gasteiger partial charge in [0.15, 0.2) is 0 Å². The van der Waals surface area contributed by atoms with E-state index < -0.39 is 0 Å². The normalized spacial score (nSPS) is 10.4. The number of hydrogen-bond acceptors (Lipinski definition) is 3. The summed E-state index contributed by atoms with van der Waals surface area (Å²) in [6, 6.07) is 6.60. The zero-order valence-electron chi connectivity index (χ0n) is 8.49. The molecule has 1 heterocycles. The van der Waals surface area contributed by atoms with Crippen molar-refractivity contribution in [3.8, 4) is 17.3 Å². The van der Waals surface area contributed by atoms with Crippen LogP contribution in [0.15, 0.2) is 33.5 Å². The minimum atomic E-state index is -0.372. The average molecular weight is 281 g/mol. The van der Waals surface area contributed by atoms with Crippen molar-refractivity contribution in [2.75, 3.05) is 0 Å². The standard InChI is InChI=1S/C11H9BrN2O2/c1-6-4-7(2-3-8(6)12)11-13-9(15)5-10(16)14-11/h2-5H,1H3,(H2,13,14,15,16). The van der Waals surface area contributed by atoms with Crippen molar-refractivity contribution in [2.24, 2.45) is 0 Å². The molecule has 16 heavy (non-hydrogen) atoms. The predicted octanol–water partition coefficient (Wildman–Crippen LogP) is 2.21. The molecule has 0 spiro atoms. The lowest BCUT2D eigenvalue weighted by Crippen LogP contribution is -2.06. The first kappa shape index (κ1) is 10.9. The quantitative estimate of drug-likeness (QED) is 0.842. The Kier molecular flexibility index (Phi) is 2.78. The highest BCUT2D eigenvalue weighted by Crippen LogP contribution is 2.22. The zero-order valence-corrected chi connectivity index (χ0v) is 10.1. The lowest BCUT2D eigenvalue weighted by Gasteiger charge is -2.03. The molecule has 0 saturated heterocycles. The Bertz CT molecular complexity index is 593. The van der Waals surface area contributed by atoms with Gasteiger partial charge in [-0.05, 0) is 24.6 Å². The van der Waals surface area contributed by atoms with Crippen molar-refractivity contribution in [1.82, 2.24) is 9.97 Å². The third-order valence-electron chi connectivity index (χ3n) is 2.16. The fourth-order valence-electron chi connectivity index (χ4n) is 1.37. The number of aryl methyl sites for hydroxylation is 1. The van der Waals surface area contributed by atoms with E-state index >= 15 is 0 Å². The van der Waals surface area contributed by atoms with Gasteiger partial charge >= 0.3 is 0 Å². The van der Waals surface area contributed by atoms with Crippen LogP contribution in [0.1, 0.15) is 5.56 Å². The molecule has 0 aliphatic rings. The van der Waals surface area contributed by atoms with E-state index in [9.17, 15) is 9.90 Å². The number of benzene rings is 1. The summed E-state index contributed by atoms with van der Waals surface area (Å²) in [5, 5.41) is 9.24. The van der Waals surface area contributed by atoms with Crippen molar-refractivity contribution in [2.45, 2.75) is 6.92 Å². The van der Waals surface area contributed by atoms with Crippen LogP contribution in [0.4, 0.5) is 0 Å². The molecule has 4 nitrogen and oxygen atoms in total. The van der Waals surface area contributed by atoms with Crippen molar-refractivity contribution < 1.29 is 5.11 Å². The average Bonchev–Trinajstić information content (AvgIpc) is 2.20. The van der Waals surface area contributed by atoms with Crippen LogP contribution in [0.2, 0.25) is 0 Å². The van der Waals surface area contributed by atoms with Crippen molar-refractivity contribution in [3.05, 3.63) is 44.7 Å². The highest BCUT2D eigenvalue weighted by Gasteiger charge is 2.04. The maximum Gasteiger partial charge on any atom is 0.254 e. The van der Waals surface area contributed by atoms with Gasteiger partial charge < -0.3 is 10.1 Å². The Morgan fingerprint density at radius 2 is 2.12 bits per heavy atom. The van der Waals surface area contributed by atoms with E-state index in [0.717, 1.165) is 21.7 Å². The Balaban J connectivity index is 2.58. The molecule has 0 radical (unpaired) electrons. The van der Waals surface area contributed by atoms with Gasteiger partial charge in [0.2, 0.25) is 5.88 Å². The first-order valence-electron chi connectivity index (χ1n) is 4.63. The third-order valence-corrected chi connectivity index (χ3v) is 3.05. The summed E-state index contributed by atoms with van der Waals surface area (Å²) in [5.74, 6) is 0.0833. The first-order valence-corrected chi connectivity index (χ1v) is 5.42. The number of hydrogen-bond donors (Lipinski definition) is 2. The Hall–Kier alpha value is -1.62. The summed E-state index contributed by atoms with van der Waals surface area (Å²) < 4.78 is 0.985. The number of H-pyrrole nitrogens is 1. The van der Waals surface area contributed by atoms with E-state index in [2.05, 4.69) is 25.9 Å². The van der Waals surface area contributed by atoms with Crippen LogP contribution in [0.25, 0.3) is 11.4 Å². The van der Waals surface area contributed by atoms with Gasteiger partial charge in [0.05, 0.1) is 6.07 Å². The van der Waals surface area contributed by atoms with Crippen LogP contribution in [-0.4, -0.2) is 15.1 Å². The first-order chi connectivity index (χ1) is 7.56. The fraction of sp³-hybridized carbons (Fsp3) is 0.0909. The van der Waals surface area contributed by atoms with Crippen molar-refractivity contribution in [3.63, 3.8) is 0 Å². The van der Waals surface area contributed by atoms with Crippen LogP contribution < -0.4 is 5.56 Å². The monoisotopic (exact) mass is 280 g/mol. The number of halogens is 1. The summed E-state index contributed by atoms with van der Waals surface area (Å²) in [7, 11) is 0. The lowest BCUT2D eigenvalue weighted by atomic mass is 10.1. The maximum atomic E-state index is 11.2. The topological polar surface area (TPSA) is 66.0 Å². The van der Waals surface area contributed by atoms with Gasteiger partial charge in [0, 0.05) is 10.0 Å². The Morgan fingerprint density at radius 1 is 1.38 bits per heavy atom. The van der Waals surface area contributed by atoms with Crippen LogP contribution >= 0.6 is 15.9 Å². The number of aromatic nitrogens is 2. The van der Waals surface area contributed by atoms with Gasteiger partial charge in [-0.1, -0.05) is 22.0 Å². The van der Waals surface area contributed by atoms with Gasteiger partial charge in [-0.3, -0.25) is 4.79 Å². The molecule has 1 aromatic heterocycles. The molecule has 2 rings (SSSR count). The molecule has 82 valence electrons.